The SMILES string of the molecule is COc1ccc(S(=O)(=O)N(CC(=O)N/N=C\c2cccc([N+](=O)[O-])c2)c2cc(C)cc(C)c2)cc1OC. The molecule has 1 N–H and O–H groups in total. The van der Waals surface area contributed by atoms with Crippen molar-refractivity contribution in [2.75, 3.05) is 25.1 Å². The van der Waals surface area contributed by atoms with Crippen molar-refractivity contribution in [3.63, 3.8) is 0 Å². The second-order valence-corrected chi connectivity index (χ2v) is 9.88. The molecule has 37 heavy (non-hydrogen) atoms. The van der Waals surface area contributed by atoms with Crippen LogP contribution in [-0.2, 0) is 14.8 Å². The lowest BCUT2D eigenvalue weighted by atomic mass is 10.1. The molecule has 0 bridgehead atoms. The summed E-state index contributed by atoms with van der Waals surface area (Å²) < 4.78 is 38.8. The second-order valence-electron chi connectivity index (χ2n) is 8.02. The topological polar surface area (TPSA) is 140 Å². The van der Waals surface area contributed by atoms with E-state index in [4.69, 9.17) is 9.47 Å². The molecule has 0 aliphatic rings. The number of benzene rings is 3. The smallest absolute Gasteiger partial charge is 0.270 e. The molecule has 12 heteroatoms. The Morgan fingerprint density at radius 3 is 2.32 bits per heavy atom. The van der Waals surface area contributed by atoms with Gasteiger partial charge in [0.25, 0.3) is 21.6 Å². The molecule has 0 fully saturated rings. The molecule has 0 saturated heterocycles. The van der Waals surface area contributed by atoms with Crippen molar-refractivity contribution < 1.29 is 27.6 Å². The molecule has 3 aromatic rings. The van der Waals surface area contributed by atoms with Crippen LogP contribution in [0.4, 0.5) is 11.4 Å². The Morgan fingerprint density at radius 1 is 1.03 bits per heavy atom. The summed E-state index contributed by atoms with van der Waals surface area (Å²) in [7, 11) is -1.39. The van der Waals surface area contributed by atoms with E-state index < -0.39 is 27.4 Å². The van der Waals surface area contributed by atoms with E-state index in [0.29, 0.717) is 17.0 Å². The van der Waals surface area contributed by atoms with E-state index in [2.05, 4.69) is 10.5 Å². The summed E-state index contributed by atoms with van der Waals surface area (Å²) in [6.07, 6.45) is 1.23. The molecule has 0 aliphatic carbocycles. The Bertz CT molecular complexity index is 1430. The maximum absolute atomic E-state index is 13.7. The summed E-state index contributed by atoms with van der Waals surface area (Å²) in [5, 5.41) is 14.8. The van der Waals surface area contributed by atoms with Gasteiger partial charge in [-0.2, -0.15) is 5.10 Å². The van der Waals surface area contributed by atoms with Crippen molar-refractivity contribution in [1.29, 1.82) is 0 Å². The first-order valence-corrected chi connectivity index (χ1v) is 12.4. The number of hydrogen-bond donors (Lipinski definition) is 1. The molecule has 0 atom stereocenters. The molecule has 11 nitrogen and oxygen atoms in total. The van der Waals surface area contributed by atoms with Gasteiger partial charge in [0.15, 0.2) is 11.5 Å². The fourth-order valence-corrected chi connectivity index (χ4v) is 5.00. The second kappa shape index (κ2) is 11.5. The third-order valence-electron chi connectivity index (χ3n) is 5.21. The van der Waals surface area contributed by atoms with Crippen LogP contribution in [0.1, 0.15) is 16.7 Å². The van der Waals surface area contributed by atoms with Gasteiger partial charge in [-0.1, -0.05) is 18.2 Å². The summed E-state index contributed by atoms with van der Waals surface area (Å²) in [4.78, 5) is 23.1. The molecular weight excluding hydrogens is 500 g/mol. The molecule has 0 aromatic heterocycles. The van der Waals surface area contributed by atoms with E-state index in [1.54, 1.807) is 18.2 Å². The van der Waals surface area contributed by atoms with Gasteiger partial charge in [-0.15, -0.1) is 0 Å². The van der Waals surface area contributed by atoms with E-state index in [-0.39, 0.29) is 16.3 Å². The van der Waals surface area contributed by atoms with Gasteiger partial charge in [-0.3, -0.25) is 19.2 Å². The first-order chi connectivity index (χ1) is 17.5. The van der Waals surface area contributed by atoms with Gasteiger partial charge < -0.3 is 9.47 Å². The number of non-ortho nitro benzene ring substituents is 1. The Hall–Kier alpha value is -4.45. The zero-order chi connectivity index (χ0) is 27.2. The Balaban J connectivity index is 1.92. The van der Waals surface area contributed by atoms with Crippen LogP contribution in [0.25, 0.3) is 0 Å². The summed E-state index contributed by atoms with van der Waals surface area (Å²) in [6, 6.07) is 15.0. The highest BCUT2D eigenvalue weighted by molar-refractivity contribution is 7.92. The van der Waals surface area contributed by atoms with E-state index in [0.717, 1.165) is 15.4 Å². The van der Waals surface area contributed by atoms with Crippen LogP contribution in [0.5, 0.6) is 11.5 Å². The largest absolute Gasteiger partial charge is 0.493 e. The average Bonchev–Trinajstić information content (AvgIpc) is 2.86. The van der Waals surface area contributed by atoms with Crippen LogP contribution in [0.3, 0.4) is 0 Å². The molecule has 0 heterocycles. The molecule has 1 amide bonds. The monoisotopic (exact) mass is 526 g/mol. The van der Waals surface area contributed by atoms with Gasteiger partial charge in [0.05, 0.1) is 35.9 Å². The minimum absolute atomic E-state index is 0.0998. The molecule has 3 aromatic carbocycles. The van der Waals surface area contributed by atoms with Crippen molar-refractivity contribution in [3.8, 4) is 11.5 Å². The number of carbonyl (C=O) groups is 1. The standard InChI is InChI=1S/C25H26N4O7S/c1-17-10-18(2)12-21(11-17)28(37(33,34)22-8-9-23(35-3)24(14-22)36-4)16-25(30)27-26-15-19-6-5-7-20(13-19)29(31)32/h5-15H,16H2,1-4H3,(H,27,30)/b26-15-. The van der Waals surface area contributed by atoms with E-state index in [1.807, 2.05) is 19.9 Å². The van der Waals surface area contributed by atoms with Gasteiger partial charge in [0.1, 0.15) is 6.54 Å². The number of carbonyl (C=O) groups excluding carboxylic acids is 1. The van der Waals surface area contributed by atoms with Crippen LogP contribution in [0.15, 0.2) is 70.7 Å². The number of sulfonamides is 1. The van der Waals surface area contributed by atoms with Gasteiger partial charge >= 0.3 is 0 Å². The number of anilines is 1. The predicted molar refractivity (Wildman–Crippen MR) is 139 cm³/mol. The number of rotatable bonds is 10. The fraction of sp³-hybridized carbons (Fsp3) is 0.200. The number of ether oxygens (including phenoxy) is 2. The molecule has 0 radical (unpaired) electrons. The molecule has 0 saturated carbocycles. The first-order valence-electron chi connectivity index (χ1n) is 10.9. The zero-order valence-electron chi connectivity index (χ0n) is 20.7. The minimum atomic E-state index is -4.22. The van der Waals surface area contributed by atoms with Gasteiger partial charge in [0.2, 0.25) is 0 Å². The van der Waals surface area contributed by atoms with Gasteiger partial charge in [-0.05, 0) is 49.2 Å². The highest BCUT2D eigenvalue weighted by Gasteiger charge is 2.28. The third kappa shape index (κ3) is 6.61. The molecule has 3 rings (SSSR count). The van der Waals surface area contributed by atoms with E-state index >= 15 is 0 Å². The summed E-state index contributed by atoms with van der Waals surface area (Å²) in [5.41, 5.74) is 4.46. The van der Waals surface area contributed by atoms with Gasteiger partial charge in [-0.25, -0.2) is 13.8 Å². The number of amides is 1. The van der Waals surface area contributed by atoms with Gasteiger partial charge in [0, 0.05) is 23.8 Å². The van der Waals surface area contributed by atoms with Crippen LogP contribution in [-0.4, -0.2) is 46.2 Å². The van der Waals surface area contributed by atoms with Crippen LogP contribution in [0, 0.1) is 24.0 Å². The highest BCUT2D eigenvalue weighted by atomic mass is 32.2. The highest BCUT2D eigenvalue weighted by Crippen LogP contribution is 2.32. The summed E-state index contributed by atoms with van der Waals surface area (Å²) in [6.45, 7) is 3.06. The molecule has 0 unspecified atom stereocenters. The normalized spacial score (nSPS) is 11.2. The zero-order valence-corrected chi connectivity index (χ0v) is 21.5. The number of methoxy groups -OCH3 is 2. The lowest BCUT2D eigenvalue weighted by Gasteiger charge is -2.25. The average molecular weight is 527 g/mol. The lowest BCUT2D eigenvalue weighted by Crippen LogP contribution is -2.39. The van der Waals surface area contributed by atoms with Crippen molar-refractivity contribution in [3.05, 3.63) is 87.5 Å². The molecule has 194 valence electrons. The van der Waals surface area contributed by atoms with E-state index in [1.165, 1.54) is 56.8 Å². The lowest BCUT2D eigenvalue weighted by molar-refractivity contribution is -0.384. The summed E-state index contributed by atoms with van der Waals surface area (Å²) >= 11 is 0. The maximum atomic E-state index is 13.7. The Morgan fingerprint density at radius 2 is 1.70 bits per heavy atom. The minimum Gasteiger partial charge on any atom is -0.493 e. The van der Waals surface area contributed by atoms with Crippen molar-refractivity contribution >= 4 is 33.5 Å². The molecule has 0 aliphatic heterocycles. The summed E-state index contributed by atoms with van der Waals surface area (Å²) in [5.74, 6) is -0.146. The van der Waals surface area contributed by atoms with Crippen molar-refractivity contribution in [2.24, 2.45) is 5.10 Å². The number of hydrazone groups is 1. The maximum Gasteiger partial charge on any atom is 0.270 e. The Labute approximate surface area is 214 Å². The Kier molecular flexibility index (Phi) is 8.45. The van der Waals surface area contributed by atoms with Crippen molar-refractivity contribution in [2.45, 2.75) is 18.7 Å². The number of nitro benzene ring substituents is 1. The van der Waals surface area contributed by atoms with E-state index in [9.17, 15) is 23.3 Å². The quantitative estimate of drug-likeness (QED) is 0.242. The number of hydrogen-bond acceptors (Lipinski definition) is 8. The van der Waals surface area contributed by atoms with Crippen LogP contribution in [0.2, 0.25) is 0 Å². The molecular formula is C25H26N4O7S. The molecule has 0 spiro atoms. The number of aryl methyl sites for hydroxylation is 2. The first kappa shape index (κ1) is 27.1. The number of nitrogens with one attached hydrogen (secondary N) is 1. The fourth-order valence-electron chi connectivity index (χ4n) is 3.58. The number of nitro groups is 1. The van der Waals surface area contributed by atoms with Crippen molar-refractivity contribution in [1.82, 2.24) is 5.43 Å². The predicted octanol–water partition coefficient (Wildman–Crippen LogP) is 3.57. The van der Waals surface area contributed by atoms with Crippen LogP contribution >= 0.6 is 0 Å². The van der Waals surface area contributed by atoms with Crippen LogP contribution < -0.4 is 19.2 Å². The number of nitrogens with zero attached hydrogens (tertiary/aromatic N) is 3. The third-order valence-corrected chi connectivity index (χ3v) is 6.98.